The van der Waals surface area contributed by atoms with Crippen LogP contribution in [0.4, 0.5) is 5.69 Å². The van der Waals surface area contributed by atoms with Crippen molar-refractivity contribution in [3.63, 3.8) is 0 Å². The number of aromatic amines is 1. The summed E-state index contributed by atoms with van der Waals surface area (Å²) < 4.78 is 3.17. The molecule has 0 unspecified atom stereocenters. The average Bonchev–Trinajstić information content (AvgIpc) is 3.52. The molecule has 5 rings (SSSR count). The van der Waals surface area contributed by atoms with E-state index in [0.29, 0.717) is 11.7 Å². The summed E-state index contributed by atoms with van der Waals surface area (Å²) in [5, 5.41) is 17.8. The number of H-pyrrole nitrogens is 1. The highest BCUT2D eigenvalue weighted by molar-refractivity contribution is 14.1. The monoisotopic (exact) mass is 635 g/mol. The first kappa shape index (κ1) is 26.0. The van der Waals surface area contributed by atoms with E-state index in [4.69, 9.17) is 0 Å². The molecular formula is C28H26IN7OS. The van der Waals surface area contributed by atoms with Gasteiger partial charge in [0.1, 0.15) is 0 Å². The molecule has 5 aromatic rings. The molecule has 192 valence electrons. The van der Waals surface area contributed by atoms with Crippen LogP contribution in [0.1, 0.15) is 23.9 Å². The number of hydrogen-bond donors (Lipinski definition) is 3. The minimum Gasteiger partial charge on any atom is -0.378 e. The summed E-state index contributed by atoms with van der Waals surface area (Å²) in [7, 11) is 0. The smallest absolute Gasteiger partial charge is 0.253 e. The number of carbonyl (C=O) groups excluding carboxylic acids is 1. The van der Waals surface area contributed by atoms with E-state index < -0.39 is 5.25 Å². The highest BCUT2D eigenvalue weighted by Crippen LogP contribution is 2.27. The second-order valence-electron chi connectivity index (χ2n) is 8.67. The van der Waals surface area contributed by atoms with Crippen LogP contribution in [0.15, 0.2) is 89.3 Å². The average molecular weight is 636 g/mol. The number of nitrogens with one attached hydrogen (secondary N) is 3. The number of amides is 1. The first-order valence-corrected chi connectivity index (χ1v) is 14.0. The molecule has 8 nitrogen and oxygen atoms in total. The predicted octanol–water partition coefficient (Wildman–Crippen LogP) is 5.90. The maximum absolute atomic E-state index is 12.8. The van der Waals surface area contributed by atoms with Crippen LogP contribution in [-0.2, 0) is 11.3 Å². The number of hydrogen-bond acceptors (Lipinski definition) is 6. The normalized spacial score (nSPS) is 12.2. The Hall–Kier alpha value is -3.64. The van der Waals surface area contributed by atoms with Crippen LogP contribution in [0.25, 0.3) is 16.6 Å². The molecule has 3 N–H and O–H groups in total. The summed E-state index contributed by atoms with van der Waals surface area (Å²) >= 11 is 3.65. The van der Waals surface area contributed by atoms with Crippen LogP contribution in [0.5, 0.6) is 0 Å². The highest BCUT2D eigenvalue weighted by Gasteiger charge is 2.21. The van der Waals surface area contributed by atoms with Crippen LogP contribution in [0, 0.1) is 10.5 Å². The van der Waals surface area contributed by atoms with Crippen LogP contribution in [0.3, 0.4) is 0 Å². The molecular weight excluding hydrogens is 609 g/mol. The lowest BCUT2D eigenvalue weighted by molar-refractivity contribution is -0.120. The topological polar surface area (TPSA) is 100.0 Å². The van der Waals surface area contributed by atoms with Crippen molar-refractivity contribution >= 4 is 63.1 Å². The number of halogens is 1. The fourth-order valence-electron chi connectivity index (χ4n) is 4.00. The lowest BCUT2D eigenvalue weighted by Gasteiger charge is -2.14. The molecule has 3 aromatic carbocycles. The lowest BCUT2D eigenvalue weighted by atomic mass is 10.2. The first-order chi connectivity index (χ1) is 18.5. The Bertz CT molecular complexity index is 1600. The van der Waals surface area contributed by atoms with Gasteiger partial charge in [0.25, 0.3) is 5.91 Å². The van der Waals surface area contributed by atoms with Gasteiger partial charge in [0.15, 0.2) is 11.0 Å². The summed E-state index contributed by atoms with van der Waals surface area (Å²) in [6, 6.07) is 24.1. The summed E-state index contributed by atoms with van der Waals surface area (Å²) in [5.41, 5.74) is 7.72. The molecule has 38 heavy (non-hydrogen) atoms. The van der Waals surface area contributed by atoms with Gasteiger partial charge in [-0.25, -0.2) is 5.43 Å². The van der Waals surface area contributed by atoms with Crippen molar-refractivity contribution in [3.8, 4) is 5.69 Å². The number of benzene rings is 3. The molecule has 0 saturated carbocycles. The Morgan fingerprint density at radius 2 is 1.92 bits per heavy atom. The summed E-state index contributed by atoms with van der Waals surface area (Å²) in [5.74, 6) is 0.532. The van der Waals surface area contributed by atoms with Crippen molar-refractivity contribution in [2.24, 2.45) is 5.10 Å². The minimum atomic E-state index is -0.443. The third-order valence-corrected chi connectivity index (χ3v) is 7.70. The van der Waals surface area contributed by atoms with E-state index in [1.165, 1.54) is 15.3 Å². The molecule has 0 saturated heterocycles. The van der Waals surface area contributed by atoms with E-state index in [9.17, 15) is 4.79 Å². The third kappa shape index (κ3) is 5.91. The number of aromatic nitrogens is 4. The fraction of sp³-hybridized carbons (Fsp3) is 0.143. The molecule has 0 radical (unpaired) electrons. The molecule has 0 bridgehead atoms. The molecule has 2 aromatic heterocycles. The molecule has 1 amide bonds. The second-order valence-corrected chi connectivity index (χ2v) is 11.2. The molecule has 0 fully saturated rings. The van der Waals surface area contributed by atoms with Gasteiger partial charge in [0.05, 0.1) is 18.0 Å². The highest BCUT2D eigenvalue weighted by atomic mass is 127. The van der Waals surface area contributed by atoms with E-state index in [1.807, 2.05) is 72.3 Å². The van der Waals surface area contributed by atoms with Gasteiger partial charge in [0.2, 0.25) is 0 Å². The fourth-order valence-corrected chi connectivity index (χ4v) is 5.52. The van der Waals surface area contributed by atoms with Gasteiger partial charge in [-0.3, -0.25) is 9.36 Å². The molecule has 2 heterocycles. The predicted molar refractivity (Wildman–Crippen MR) is 162 cm³/mol. The molecule has 0 aliphatic rings. The zero-order valence-corrected chi connectivity index (χ0v) is 23.8. The van der Waals surface area contributed by atoms with E-state index in [0.717, 1.165) is 39.2 Å². The lowest BCUT2D eigenvalue weighted by Crippen LogP contribution is -2.27. The zero-order valence-electron chi connectivity index (χ0n) is 20.9. The zero-order chi connectivity index (χ0) is 26.5. The van der Waals surface area contributed by atoms with Crippen molar-refractivity contribution < 1.29 is 4.79 Å². The number of rotatable bonds is 9. The maximum Gasteiger partial charge on any atom is 0.253 e. The summed E-state index contributed by atoms with van der Waals surface area (Å²) in [4.78, 5) is 16.0. The molecule has 1 atom stereocenters. The van der Waals surface area contributed by atoms with Crippen LogP contribution >= 0.6 is 34.4 Å². The molecule has 0 spiro atoms. The van der Waals surface area contributed by atoms with Gasteiger partial charge < -0.3 is 10.3 Å². The molecule has 0 aliphatic carbocycles. The molecule has 10 heteroatoms. The standard InChI is InChI=1S/C28H26IN7OS/c1-18-14-21(29)12-13-24(18)31-17-26-33-35-28(36(26)22-8-4-3-5-9-22)38-19(2)27(37)34-32-16-20-15-30-25-11-7-6-10-23(20)25/h3-16,19,30-31H,17H2,1-2H3,(H,34,37)/t19-/m0/s1. The van der Waals surface area contributed by atoms with Crippen molar-refractivity contribution in [2.45, 2.75) is 30.8 Å². The Kier molecular flexibility index (Phi) is 8.08. The van der Waals surface area contributed by atoms with E-state index in [-0.39, 0.29) is 5.91 Å². The van der Waals surface area contributed by atoms with Crippen molar-refractivity contribution in [1.82, 2.24) is 25.2 Å². The number of anilines is 1. The number of para-hydroxylation sites is 2. The SMILES string of the molecule is Cc1cc(I)ccc1NCc1nnc(S[C@@H](C)C(=O)NN=Cc2c[nH]c3ccccc23)n1-c1ccccc1. The van der Waals surface area contributed by atoms with Crippen molar-refractivity contribution in [2.75, 3.05) is 5.32 Å². The number of fused-ring (bicyclic) bond motifs is 1. The number of carbonyl (C=O) groups is 1. The van der Waals surface area contributed by atoms with Crippen molar-refractivity contribution in [3.05, 3.63) is 99.5 Å². The van der Waals surface area contributed by atoms with E-state index in [1.54, 1.807) is 6.21 Å². The van der Waals surface area contributed by atoms with Crippen LogP contribution in [0.2, 0.25) is 0 Å². The van der Waals surface area contributed by atoms with Gasteiger partial charge in [-0.2, -0.15) is 5.10 Å². The van der Waals surface area contributed by atoms with Gasteiger partial charge >= 0.3 is 0 Å². The van der Waals surface area contributed by atoms with Gasteiger partial charge in [0, 0.05) is 37.6 Å². The second kappa shape index (κ2) is 11.8. The summed E-state index contributed by atoms with van der Waals surface area (Å²) in [6.45, 7) is 4.40. The van der Waals surface area contributed by atoms with Gasteiger partial charge in [-0.05, 0) is 78.4 Å². The minimum absolute atomic E-state index is 0.220. The largest absolute Gasteiger partial charge is 0.378 e. The van der Waals surface area contributed by atoms with Gasteiger partial charge in [-0.1, -0.05) is 48.2 Å². The Labute approximate surface area is 238 Å². The number of hydrazone groups is 1. The molecule has 0 aliphatic heterocycles. The Morgan fingerprint density at radius 1 is 1.13 bits per heavy atom. The van der Waals surface area contributed by atoms with Gasteiger partial charge in [-0.15, -0.1) is 10.2 Å². The maximum atomic E-state index is 12.8. The Balaban J connectivity index is 1.30. The van der Waals surface area contributed by atoms with E-state index in [2.05, 4.69) is 78.7 Å². The number of aryl methyl sites for hydroxylation is 1. The quantitative estimate of drug-likeness (QED) is 0.0811. The summed E-state index contributed by atoms with van der Waals surface area (Å²) in [6.07, 6.45) is 3.52. The van der Waals surface area contributed by atoms with Crippen molar-refractivity contribution in [1.29, 1.82) is 0 Å². The first-order valence-electron chi connectivity index (χ1n) is 12.0. The van der Waals surface area contributed by atoms with Crippen LogP contribution in [-0.4, -0.2) is 37.1 Å². The van der Waals surface area contributed by atoms with Crippen LogP contribution < -0.4 is 10.7 Å². The number of thioether (sulfide) groups is 1. The van der Waals surface area contributed by atoms with E-state index >= 15 is 0 Å². The number of nitrogens with zero attached hydrogens (tertiary/aromatic N) is 4. The third-order valence-electron chi connectivity index (χ3n) is 5.99. The Morgan fingerprint density at radius 3 is 2.74 bits per heavy atom.